The number of benzene rings is 3. The van der Waals surface area contributed by atoms with Gasteiger partial charge in [-0.15, -0.1) is 0 Å². The van der Waals surface area contributed by atoms with E-state index in [1.54, 1.807) is 4.90 Å². The number of carbonyl (C=O) groups is 4. The van der Waals surface area contributed by atoms with Crippen LogP contribution in [0.4, 0.5) is 11.4 Å². The van der Waals surface area contributed by atoms with Gasteiger partial charge in [0.25, 0.3) is 11.8 Å². The van der Waals surface area contributed by atoms with Gasteiger partial charge in [0, 0.05) is 24.7 Å². The number of carbonyl (C=O) groups excluding carboxylic acids is 4. The summed E-state index contributed by atoms with van der Waals surface area (Å²) in [5.41, 5.74) is 1.52. The summed E-state index contributed by atoms with van der Waals surface area (Å²) >= 11 is 24.5. The Hall–Kier alpha value is -3.10. The molecule has 0 saturated carbocycles. The maximum Gasteiger partial charge on any atom is 0.316 e. The van der Waals surface area contributed by atoms with E-state index in [9.17, 15) is 19.2 Å². The maximum absolute atomic E-state index is 13.1. The topological polar surface area (TPSA) is 84.0 Å². The van der Waals surface area contributed by atoms with Crippen molar-refractivity contribution in [2.24, 2.45) is 5.92 Å². The van der Waals surface area contributed by atoms with Crippen molar-refractivity contribution in [3.8, 4) is 5.75 Å². The minimum atomic E-state index is -0.746. The van der Waals surface area contributed by atoms with Crippen molar-refractivity contribution in [2.75, 3.05) is 16.3 Å². The first-order valence-electron chi connectivity index (χ1n) is 11.0. The Labute approximate surface area is 231 Å². The lowest BCUT2D eigenvalue weighted by atomic mass is 10.1. The van der Waals surface area contributed by atoms with Gasteiger partial charge in [-0.1, -0.05) is 64.6 Å². The van der Waals surface area contributed by atoms with Crippen LogP contribution in [0.5, 0.6) is 5.75 Å². The lowest BCUT2D eigenvalue weighted by Gasteiger charge is -2.17. The molecule has 11 heteroatoms. The Morgan fingerprint density at radius 1 is 0.838 bits per heavy atom. The lowest BCUT2D eigenvalue weighted by molar-refractivity contribution is -0.139. The molecule has 2 aliphatic rings. The van der Waals surface area contributed by atoms with Gasteiger partial charge >= 0.3 is 5.97 Å². The van der Waals surface area contributed by atoms with Gasteiger partial charge in [-0.3, -0.25) is 19.2 Å². The highest BCUT2D eigenvalue weighted by atomic mass is 35.5. The van der Waals surface area contributed by atoms with Gasteiger partial charge in [0.05, 0.1) is 42.8 Å². The summed E-state index contributed by atoms with van der Waals surface area (Å²) in [6.45, 7) is 2.10. The molecule has 1 atom stereocenters. The van der Waals surface area contributed by atoms with Crippen LogP contribution in [0.1, 0.15) is 32.7 Å². The number of fused-ring (bicyclic) bond motifs is 1. The predicted octanol–water partition coefficient (Wildman–Crippen LogP) is 6.37. The lowest BCUT2D eigenvalue weighted by Crippen LogP contribution is -2.29. The van der Waals surface area contributed by atoms with E-state index in [-0.39, 0.29) is 61.5 Å². The first kappa shape index (κ1) is 25.5. The molecule has 5 rings (SSSR count). The number of hydrogen-bond acceptors (Lipinski definition) is 5. The number of esters is 1. The summed E-state index contributed by atoms with van der Waals surface area (Å²) in [5, 5.41) is -0.635. The number of amides is 3. The van der Waals surface area contributed by atoms with E-state index < -0.39 is 23.7 Å². The zero-order valence-corrected chi connectivity index (χ0v) is 22.1. The van der Waals surface area contributed by atoms with Crippen LogP contribution in [0.25, 0.3) is 0 Å². The molecule has 0 N–H and O–H groups in total. The second-order valence-corrected chi connectivity index (χ2v) is 10.1. The maximum atomic E-state index is 13.1. The molecule has 2 heterocycles. The average molecular weight is 578 g/mol. The van der Waals surface area contributed by atoms with Crippen LogP contribution in [0.15, 0.2) is 48.5 Å². The highest BCUT2D eigenvalue weighted by molar-refractivity contribution is 6.56. The van der Waals surface area contributed by atoms with E-state index in [1.807, 2.05) is 31.2 Å². The SMILES string of the molecule is Cc1cccc(N2C[C@@H](C(=O)Oc3cccc(N4C(=O)c5c(Cl)c(Cl)c(Cl)c(Cl)c5C4=O)c3)CC2=O)c1. The monoisotopic (exact) mass is 576 g/mol. The minimum Gasteiger partial charge on any atom is -0.426 e. The molecule has 0 aliphatic carbocycles. The van der Waals surface area contributed by atoms with Crippen molar-refractivity contribution < 1.29 is 23.9 Å². The second kappa shape index (κ2) is 9.65. The van der Waals surface area contributed by atoms with E-state index >= 15 is 0 Å². The van der Waals surface area contributed by atoms with E-state index in [0.717, 1.165) is 10.5 Å². The van der Waals surface area contributed by atoms with Crippen molar-refractivity contribution in [3.63, 3.8) is 0 Å². The third kappa shape index (κ3) is 4.36. The standard InChI is InChI=1S/C26H16Cl4N2O5/c1-12-4-2-5-14(8-12)31-11-13(9-17(31)33)26(36)37-16-7-3-6-15(10-16)32-24(34)18-19(25(32)35)21(28)23(30)22(29)20(18)27/h2-8,10,13H,9,11H2,1H3/t13-/m0/s1. The highest BCUT2D eigenvalue weighted by Gasteiger charge is 2.43. The average Bonchev–Trinajstić information content (AvgIpc) is 3.38. The molecule has 2 aliphatic heterocycles. The Morgan fingerprint density at radius 2 is 1.43 bits per heavy atom. The van der Waals surface area contributed by atoms with Gasteiger partial charge in [-0.2, -0.15) is 0 Å². The first-order valence-corrected chi connectivity index (χ1v) is 12.5. The summed E-state index contributed by atoms with van der Waals surface area (Å²) in [6, 6.07) is 13.3. The number of nitrogens with zero attached hydrogens (tertiary/aromatic N) is 2. The van der Waals surface area contributed by atoms with Crippen molar-refractivity contribution >= 4 is 81.5 Å². The highest BCUT2D eigenvalue weighted by Crippen LogP contribution is 2.46. The zero-order valence-electron chi connectivity index (χ0n) is 19.1. The number of aryl methyl sites for hydroxylation is 1. The van der Waals surface area contributed by atoms with Crippen LogP contribution in [0, 0.1) is 12.8 Å². The molecule has 3 aromatic carbocycles. The largest absolute Gasteiger partial charge is 0.426 e. The summed E-state index contributed by atoms with van der Waals surface area (Å²) < 4.78 is 5.53. The van der Waals surface area contributed by atoms with Crippen molar-refractivity contribution in [3.05, 3.63) is 85.3 Å². The van der Waals surface area contributed by atoms with Crippen LogP contribution < -0.4 is 14.5 Å². The molecular weight excluding hydrogens is 562 g/mol. The van der Waals surface area contributed by atoms with E-state index in [2.05, 4.69) is 0 Å². The molecule has 188 valence electrons. The molecule has 7 nitrogen and oxygen atoms in total. The van der Waals surface area contributed by atoms with Crippen LogP contribution in [-0.4, -0.2) is 30.2 Å². The Bertz CT molecular complexity index is 1480. The van der Waals surface area contributed by atoms with Crippen molar-refractivity contribution in [1.82, 2.24) is 0 Å². The van der Waals surface area contributed by atoms with Crippen LogP contribution in [0.2, 0.25) is 20.1 Å². The van der Waals surface area contributed by atoms with Crippen LogP contribution >= 0.6 is 46.4 Å². The number of anilines is 2. The van der Waals surface area contributed by atoms with Gasteiger partial charge in [0.15, 0.2) is 0 Å². The number of imide groups is 1. The molecule has 0 unspecified atom stereocenters. The minimum absolute atomic E-state index is 0.00336. The van der Waals surface area contributed by atoms with Gasteiger partial charge in [-0.05, 0) is 36.8 Å². The molecule has 0 spiro atoms. The molecule has 0 aromatic heterocycles. The van der Waals surface area contributed by atoms with Gasteiger partial charge in [0.2, 0.25) is 5.91 Å². The summed E-state index contributed by atoms with van der Waals surface area (Å²) in [4.78, 5) is 54.1. The fourth-order valence-electron chi connectivity index (χ4n) is 4.38. The number of hydrogen-bond donors (Lipinski definition) is 0. The van der Waals surface area contributed by atoms with Gasteiger partial charge < -0.3 is 9.64 Å². The fraction of sp³-hybridized carbons (Fsp3) is 0.154. The third-order valence-electron chi connectivity index (χ3n) is 6.17. The summed E-state index contributed by atoms with van der Waals surface area (Å²) in [5.74, 6) is -2.87. The van der Waals surface area contributed by atoms with E-state index in [0.29, 0.717) is 5.69 Å². The van der Waals surface area contributed by atoms with E-state index in [1.165, 1.54) is 24.3 Å². The quantitative estimate of drug-likeness (QED) is 0.118. The Kier molecular flexibility index (Phi) is 6.66. The third-order valence-corrected chi connectivity index (χ3v) is 7.97. The van der Waals surface area contributed by atoms with Crippen molar-refractivity contribution in [2.45, 2.75) is 13.3 Å². The molecular formula is C26H16Cl4N2O5. The second-order valence-electron chi connectivity index (χ2n) is 8.61. The molecule has 0 bridgehead atoms. The van der Waals surface area contributed by atoms with Crippen LogP contribution in [0.3, 0.4) is 0 Å². The zero-order chi connectivity index (χ0) is 26.6. The number of ether oxygens (including phenoxy) is 1. The predicted molar refractivity (Wildman–Crippen MR) is 141 cm³/mol. The van der Waals surface area contributed by atoms with Crippen molar-refractivity contribution in [1.29, 1.82) is 0 Å². The smallest absolute Gasteiger partial charge is 0.316 e. The molecule has 3 amide bonds. The van der Waals surface area contributed by atoms with Gasteiger partial charge in [0.1, 0.15) is 5.75 Å². The normalized spacial score (nSPS) is 17.0. The Morgan fingerprint density at radius 3 is 2.05 bits per heavy atom. The number of rotatable bonds is 4. The van der Waals surface area contributed by atoms with Crippen LogP contribution in [-0.2, 0) is 9.59 Å². The summed E-state index contributed by atoms with van der Waals surface area (Å²) in [7, 11) is 0. The molecule has 1 fully saturated rings. The molecule has 1 saturated heterocycles. The number of halogens is 4. The first-order chi connectivity index (χ1) is 17.6. The Balaban J connectivity index is 1.37. The molecule has 3 aromatic rings. The summed E-state index contributed by atoms with van der Waals surface area (Å²) in [6.07, 6.45) is 0.00336. The van der Waals surface area contributed by atoms with E-state index in [4.69, 9.17) is 51.1 Å². The fourth-order valence-corrected chi connectivity index (χ4v) is 5.39. The van der Waals surface area contributed by atoms with Gasteiger partial charge in [-0.25, -0.2) is 4.90 Å². The molecule has 0 radical (unpaired) electrons. The molecule has 37 heavy (non-hydrogen) atoms.